The van der Waals surface area contributed by atoms with Crippen LogP contribution in [0.2, 0.25) is 0 Å². The smallest absolute Gasteiger partial charge is 0.0587 e. The zero-order chi connectivity index (χ0) is 14.4. The Bertz CT molecular complexity index is 424. The van der Waals surface area contributed by atoms with Gasteiger partial charge in [-0.2, -0.15) is 11.8 Å². The molecule has 0 bridgehead atoms. The van der Waals surface area contributed by atoms with Gasteiger partial charge >= 0.3 is 0 Å². The number of nitrogens with zero attached hydrogens (tertiary/aromatic N) is 1. The van der Waals surface area contributed by atoms with E-state index in [1.54, 1.807) is 7.11 Å². The summed E-state index contributed by atoms with van der Waals surface area (Å²) in [5.41, 5.74) is 2.68. The van der Waals surface area contributed by atoms with E-state index in [-0.39, 0.29) is 0 Å². The second kappa shape index (κ2) is 8.27. The average molecular weight is 359 g/mol. The van der Waals surface area contributed by atoms with Crippen LogP contribution in [0.5, 0.6) is 0 Å². The van der Waals surface area contributed by atoms with Crippen molar-refractivity contribution < 1.29 is 4.74 Å². The summed E-state index contributed by atoms with van der Waals surface area (Å²) in [6.07, 6.45) is 1.29. The van der Waals surface area contributed by atoms with Crippen LogP contribution in [0.4, 0.5) is 5.69 Å². The molecule has 2 rings (SSSR count). The summed E-state index contributed by atoms with van der Waals surface area (Å²) in [6, 6.07) is 7.24. The predicted octanol–water partition coefficient (Wildman–Crippen LogP) is 3.13. The molecule has 1 fully saturated rings. The molecule has 0 saturated carbocycles. The van der Waals surface area contributed by atoms with E-state index in [0.29, 0.717) is 6.04 Å². The highest BCUT2D eigenvalue weighted by Crippen LogP contribution is 2.30. The van der Waals surface area contributed by atoms with Crippen molar-refractivity contribution in [3.8, 4) is 0 Å². The van der Waals surface area contributed by atoms with E-state index in [2.05, 4.69) is 63.2 Å². The highest BCUT2D eigenvalue weighted by molar-refractivity contribution is 9.10. The van der Waals surface area contributed by atoms with Crippen LogP contribution in [-0.2, 0) is 11.3 Å². The van der Waals surface area contributed by atoms with Crippen molar-refractivity contribution in [2.24, 2.45) is 0 Å². The monoisotopic (exact) mass is 358 g/mol. The Morgan fingerprint density at radius 3 is 3.05 bits per heavy atom. The van der Waals surface area contributed by atoms with Gasteiger partial charge in [-0.25, -0.2) is 0 Å². The van der Waals surface area contributed by atoms with Crippen molar-refractivity contribution in [3.05, 3.63) is 28.2 Å². The maximum Gasteiger partial charge on any atom is 0.0587 e. The third-order valence-electron chi connectivity index (χ3n) is 3.67. The first-order valence-corrected chi connectivity index (χ1v) is 8.96. The van der Waals surface area contributed by atoms with Crippen molar-refractivity contribution in [1.82, 2.24) is 5.32 Å². The number of benzene rings is 1. The van der Waals surface area contributed by atoms with E-state index >= 15 is 0 Å². The number of ether oxygens (including phenoxy) is 1. The zero-order valence-electron chi connectivity index (χ0n) is 12.2. The second-order valence-corrected chi connectivity index (χ2v) is 7.14. The van der Waals surface area contributed by atoms with E-state index in [1.807, 2.05) is 0 Å². The quantitative estimate of drug-likeness (QED) is 0.756. The zero-order valence-corrected chi connectivity index (χ0v) is 14.6. The van der Waals surface area contributed by atoms with Crippen LogP contribution in [0, 0.1) is 0 Å². The molecule has 0 amide bonds. The molecule has 0 aliphatic carbocycles. The molecule has 1 aromatic carbocycles. The highest BCUT2D eigenvalue weighted by Gasteiger charge is 2.21. The van der Waals surface area contributed by atoms with Gasteiger partial charge in [-0.1, -0.05) is 15.9 Å². The lowest BCUT2D eigenvalue weighted by molar-refractivity contribution is 0.199. The van der Waals surface area contributed by atoms with Gasteiger partial charge in [0, 0.05) is 49.2 Å². The fourth-order valence-electron chi connectivity index (χ4n) is 2.46. The van der Waals surface area contributed by atoms with Crippen molar-refractivity contribution in [2.75, 3.05) is 43.7 Å². The van der Waals surface area contributed by atoms with Crippen LogP contribution < -0.4 is 10.2 Å². The van der Waals surface area contributed by atoms with Crippen molar-refractivity contribution in [3.63, 3.8) is 0 Å². The van der Waals surface area contributed by atoms with Crippen LogP contribution in [0.1, 0.15) is 12.0 Å². The maximum absolute atomic E-state index is 5.08. The molecule has 1 aromatic rings. The average Bonchev–Trinajstić information content (AvgIpc) is 2.97. The molecule has 1 atom stereocenters. The van der Waals surface area contributed by atoms with E-state index in [9.17, 15) is 0 Å². The summed E-state index contributed by atoms with van der Waals surface area (Å²) >= 11 is 5.63. The first kappa shape index (κ1) is 16.1. The molecule has 0 aromatic heterocycles. The van der Waals surface area contributed by atoms with Gasteiger partial charge in [0.05, 0.1) is 6.61 Å². The van der Waals surface area contributed by atoms with Crippen molar-refractivity contribution in [2.45, 2.75) is 19.0 Å². The number of thioether (sulfide) groups is 1. The number of hydrogen-bond donors (Lipinski definition) is 1. The predicted molar refractivity (Wildman–Crippen MR) is 91.9 cm³/mol. The first-order valence-electron chi connectivity index (χ1n) is 7.01. The summed E-state index contributed by atoms with van der Waals surface area (Å²) in [5, 5.41) is 3.44. The van der Waals surface area contributed by atoms with E-state index in [0.717, 1.165) is 24.2 Å². The molecule has 1 saturated heterocycles. The molecular formula is C15H23BrN2OS. The van der Waals surface area contributed by atoms with Crippen molar-refractivity contribution >= 4 is 33.4 Å². The number of rotatable bonds is 7. The molecular weight excluding hydrogens is 336 g/mol. The molecule has 3 nitrogen and oxygen atoms in total. The molecule has 0 radical (unpaired) electrons. The summed E-state index contributed by atoms with van der Waals surface area (Å²) in [7, 11) is 3.95. The summed E-state index contributed by atoms with van der Waals surface area (Å²) in [6.45, 7) is 2.51. The van der Waals surface area contributed by atoms with Gasteiger partial charge in [-0.3, -0.25) is 0 Å². The normalized spacial score (nSPS) is 18.4. The minimum absolute atomic E-state index is 0.666. The Balaban J connectivity index is 2.06. The van der Waals surface area contributed by atoms with Gasteiger partial charge < -0.3 is 15.0 Å². The standard InChI is InChI=1S/C15H23BrN2OS/c1-18(14-5-8-20-11-14)15-4-3-13(16)9-12(15)10-17-6-7-19-2/h3-4,9,14,17H,5-8,10-11H2,1-2H3. The number of anilines is 1. The summed E-state index contributed by atoms with van der Waals surface area (Å²) in [5.74, 6) is 2.52. The fraction of sp³-hybridized carbons (Fsp3) is 0.600. The minimum Gasteiger partial charge on any atom is -0.383 e. The topological polar surface area (TPSA) is 24.5 Å². The molecule has 20 heavy (non-hydrogen) atoms. The number of hydrogen-bond acceptors (Lipinski definition) is 4. The molecule has 112 valence electrons. The Kier molecular flexibility index (Phi) is 6.68. The molecule has 0 spiro atoms. The molecule has 1 aliphatic heterocycles. The van der Waals surface area contributed by atoms with E-state index < -0.39 is 0 Å². The van der Waals surface area contributed by atoms with Gasteiger partial charge in [0.25, 0.3) is 0 Å². The highest BCUT2D eigenvalue weighted by atomic mass is 79.9. The van der Waals surface area contributed by atoms with Gasteiger partial charge in [0.15, 0.2) is 0 Å². The van der Waals surface area contributed by atoms with Crippen LogP contribution in [0.25, 0.3) is 0 Å². The Morgan fingerprint density at radius 1 is 1.50 bits per heavy atom. The minimum atomic E-state index is 0.666. The SMILES string of the molecule is COCCNCc1cc(Br)ccc1N(C)C1CCSC1. The van der Waals surface area contributed by atoms with Crippen LogP contribution in [-0.4, -0.2) is 44.9 Å². The lowest BCUT2D eigenvalue weighted by Gasteiger charge is -2.28. The van der Waals surface area contributed by atoms with Crippen LogP contribution >= 0.6 is 27.7 Å². The Morgan fingerprint density at radius 2 is 2.35 bits per heavy atom. The molecule has 5 heteroatoms. The molecule has 1 N–H and O–H groups in total. The Labute approximate surface area is 134 Å². The van der Waals surface area contributed by atoms with Crippen LogP contribution in [0.3, 0.4) is 0 Å². The molecule has 1 unspecified atom stereocenters. The lowest BCUT2D eigenvalue weighted by atomic mass is 10.1. The van der Waals surface area contributed by atoms with Crippen molar-refractivity contribution in [1.29, 1.82) is 0 Å². The Hall–Kier alpha value is -0.230. The fourth-order valence-corrected chi connectivity index (χ4v) is 4.14. The van der Waals surface area contributed by atoms with E-state index in [1.165, 1.54) is 29.2 Å². The third-order valence-corrected chi connectivity index (χ3v) is 5.31. The molecule has 1 aliphatic rings. The maximum atomic E-state index is 5.08. The molecule has 1 heterocycles. The largest absolute Gasteiger partial charge is 0.383 e. The lowest BCUT2D eigenvalue weighted by Crippen LogP contribution is -2.32. The van der Waals surface area contributed by atoms with Gasteiger partial charge in [-0.15, -0.1) is 0 Å². The first-order chi connectivity index (χ1) is 9.72. The van der Waals surface area contributed by atoms with Crippen LogP contribution in [0.15, 0.2) is 22.7 Å². The number of methoxy groups -OCH3 is 1. The number of halogens is 1. The summed E-state index contributed by atoms with van der Waals surface area (Å²) < 4.78 is 6.22. The number of nitrogens with one attached hydrogen (secondary N) is 1. The van der Waals surface area contributed by atoms with E-state index in [4.69, 9.17) is 4.74 Å². The third kappa shape index (κ3) is 4.38. The van der Waals surface area contributed by atoms with Gasteiger partial charge in [0.2, 0.25) is 0 Å². The van der Waals surface area contributed by atoms with Gasteiger partial charge in [-0.05, 0) is 35.9 Å². The summed E-state index contributed by atoms with van der Waals surface area (Å²) in [4.78, 5) is 2.44. The van der Waals surface area contributed by atoms with Gasteiger partial charge in [0.1, 0.15) is 0 Å². The second-order valence-electron chi connectivity index (χ2n) is 5.07.